The minimum absolute atomic E-state index is 0.0525. The lowest BCUT2D eigenvalue weighted by molar-refractivity contribution is -0.159. The van der Waals surface area contributed by atoms with Gasteiger partial charge in [-0.2, -0.15) is 0 Å². The molecule has 0 N–H and O–H groups in total. The number of methoxy groups -OCH3 is 1. The second kappa shape index (κ2) is 5.38. The van der Waals surface area contributed by atoms with E-state index in [1.54, 1.807) is 7.11 Å². The molecule has 0 amide bonds. The lowest BCUT2D eigenvalue weighted by Gasteiger charge is -2.16. The number of carbonyl (C=O) groups is 1. The molecule has 2 rings (SSSR count). The Balaban J connectivity index is 1.92. The summed E-state index contributed by atoms with van der Waals surface area (Å²) >= 11 is 0. The number of carbonyl (C=O) groups excluding carboxylic acids is 1. The zero-order chi connectivity index (χ0) is 12.4. The zero-order valence-corrected chi connectivity index (χ0v) is 11.1. The standard InChI is InChI=1S/C14H24O3/c1-4-10-5-9(2)12-6-11(7-13(10)12)14(15)17-8-16-3/h9-13H,4-8H2,1-3H3. The molecule has 0 spiro atoms. The minimum atomic E-state index is -0.0525. The summed E-state index contributed by atoms with van der Waals surface area (Å²) in [5, 5.41) is 0. The second-order valence-electron chi connectivity index (χ2n) is 5.75. The van der Waals surface area contributed by atoms with Crippen LogP contribution in [-0.2, 0) is 14.3 Å². The maximum atomic E-state index is 11.8. The Bertz CT molecular complexity index is 277. The molecule has 0 aromatic rings. The van der Waals surface area contributed by atoms with E-state index in [0.29, 0.717) is 0 Å². The molecule has 98 valence electrons. The third-order valence-corrected chi connectivity index (χ3v) is 4.85. The SMILES string of the molecule is CCC1CC(C)C2CC(C(=O)OCOC)CC12. The van der Waals surface area contributed by atoms with E-state index in [1.807, 2.05) is 0 Å². The van der Waals surface area contributed by atoms with E-state index in [4.69, 9.17) is 9.47 Å². The average molecular weight is 240 g/mol. The molecular formula is C14H24O3. The van der Waals surface area contributed by atoms with Crippen molar-refractivity contribution in [1.29, 1.82) is 0 Å². The zero-order valence-electron chi connectivity index (χ0n) is 11.1. The largest absolute Gasteiger partial charge is 0.438 e. The van der Waals surface area contributed by atoms with Crippen molar-refractivity contribution in [2.24, 2.45) is 29.6 Å². The van der Waals surface area contributed by atoms with E-state index in [1.165, 1.54) is 12.8 Å². The van der Waals surface area contributed by atoms with Gasteiger partial charge in [0, 0.05) is 7.11 Å². The van der Waals surface area contributed by atoms with Crippen LogP contribution in [0.2, 0.25) is 0 Å². The van der Waals surface area contributed by atoms with Crippen LogP contribution in [0.4, 0.5) is 0 Å². The molecule has 0 saturated heterocycles. The van der Waals surface area contributed by atoms with Crippen LogP contribution in [0.1, 0.15) is 39.5 Å². The molecule has 0 aromatic heterocycles. The van der Waals surface area contributed by atoms with E-state index >= 15 is 0 Å². The first-order chi connectivity index (χ1) is 8.17. The number of hydrogen-bond donors (Lipinski definition) is 0. The third-order valence-electron chi connectivity index (χ3n) is 4.85. The van der Waals surface area contributed by atoms with Crippen LogP contribution in [0, 0.1) is 29.6 Å². The Morgan fingerprint density at radius 3 is 2.59 bits per heavy atom. The molecule has 2 aliphatic carbocycles. The number of rotatable bonds is 4. The summed E-state index contributed by atoms with van der Waals surface area (Å²) in [5.41, 5.74) is 0. The predicted octanol–water partition coefficient (Wildman–Crippen LogP) is 2.84. The van der Waals surface area contributed by atoms with Crippen LogP contribution >= 0.6 is 0 Å². The van der Waals surface area contributed by atoms with Gasteiger partial charge in [-0.05, 0) is 42.9 Å². The Labute approximate surface area is 104 Å². The molecule has 3 heteroatoms. The van der Waals surface area contributed by atoms with Crippen molar-refractivity contribution in [3.8, 4) is 0 Å². The second-order valence-corrected chi connectivity index (χ2v) is 5.75. The molecule has 5 atom stereocenters. The van der Waals surface area contributed by atoms with Gasteiger partial charge in [-0.25, -0.2) is 0 Å². The van der Waals surface area contributed by atoms with Crippen LogP contribution in [-0.4, -0.2) is 19.9 Å². The molecule has 0 aliphatic heterocycles. The van der Waals surface area contributed by atoms with E-state index in [9.17, 15) is 4.79 Å². The normalized spacial score (nSPS) is 40.3. The molecule has 0 heterocycles. The van der Waals surface area contributed by atoms with Crippen LogP contribution in [0.3, 0.4) is 0 Å². The highest BCUT2D eigenvalue weighted by Gasteiger charge is 2.48. The number of ether oxygens (including phenoxy) is 2. The van der Waals surface area contributed by atoms with Crippen LogP contribution in [0.5, 0.6) is 0 Å². The van der Waals surface area contributed by atoms with Gasteiger partial charge in [0.1, 0.15) is 0 Å². The molecule has 2 aliphatic rings. The van der Waals surface area contributed by atoms with Crippen molar-refractivity contribution >= 4 is 5.97 Å². The lowest BCUT2D eigenvalue weighted by atomic mass is 9.89. The van der Waals surface area contributed by atoms with Crippen molar-refractivity contribution < 1.29 is 14.3 Å². The van der Waals surface area contributed by atoms with Gasteiger partial charge in [0.25, 0.3) is 0 Å². The third kappa shape index (κ3) is 2.49. The van der Waals surface area contributed by atoms with Crippen LogP contribution in [0.15, 0.2) is 0 Å². The molecular weight excluding hydrogens is 216 g/mol. The topological polar surface area (TPSA) is 35.5 Å². The average Bonchev–Trinajstić information content (AvgIpc) is 2.87. The number of esters is 1. The summed E-state index contributed by atoms with van der Waals surface area (Å²) < 4.78 is 9.87. The Morgan fingerprint density at radius 1 is 1.24 bits per heavy atom. The maximum absolute atomic E-state index is 11.8. The van der Waals surface area contributed by atoms with Crippen LogP contribution in [0.25, 0.3) is 0 Å². The summed E-state index contributed by atoms with van der Waals surface area (Å²) in [6, 6.07) is 0. The van der Waals surface area contributed by atoms with Gasteiger partial charge in [-0.1, -0.05) is 20.3 Å². The Kier molecular flexibility index (Phi) is 4.08. The van der Waals surface area contributed by atoms with Crippen molar-refractivity contribution in [1.82, 2.24) is 0 Å². The first-order valence-corrected chi connectivity index (χ1v) is 6.82. The van der Waals surface area contributed by atoms with Crippen molar-refractivity contribution in [3.63, 3.8) is 0 Å². The van der Waals surface area contributed by atoms with E-state index in [-0.39, 0.29) is 18.7 Å². The van der Waals surface area contributed by atoms with Crippen molar-refractivity contribution in [2.75, 3.05) is 13.9 Å². The molecule has 2 fully saturated rings. The van der Waals surface area contributed by atoms with Gasteiger partial charge >= 0.3 is 5.97 Å². The van der Waals surface area contributed by atoms with Gasteiger partial charge in [0.2, 0.25) is 0 Å². The highest BCUT2D eigenvalue weighted by Crippen LogP contribution is 2.53. The minimum Gasteiger partial charge on any atom is -0.438 e. The van der Waals surface area contributed by atoms with Gasteiger partial charge in [0.05, 0.1) is 5.92 Å². The fourth-order valence-electron chi connectivity index (χ4n) is 4.02. The summed E-state index contributed by atoms with van der Waals surface area (Å²) in [6.07, 6.45) is 4.68. The molecule has 17 heavy (non-hydrogen) atoms. The van der Waals surface area contributed by atoms with E-state index in [0.717, 1.165) is 36.5 Å². The highest BCUT2D eigenvalue weighted by atomic mass is 16.7. The fraction of sp³-hybridized carbons (Fsp3) is 0.929. The highest BCUT2D eigenvalue weighted by molar-refractivity contribution is 5.72. The van der Waals surface area contributed by atoms with E-state index in [2.05, 4.69) is 13.8 Å². The van der Waals surface area contributed by atoms with Gasteiger partial charge in [0.15, 0.2) is 6.79 Å². The summed E-state index contributed by atoms with van der Waals surface area (Å²) in [7, 11) is 1.55. The first-order valence-electron chi connectivity index (χ1n) is 6.82. The summed E-state index contributed by atoms with van der Waals surface area (Å²) in [4.78, 5) is 11.8. The lowest BCUT2D eigenvalue weighted by Crippen LogP contribution is -2.18. The Hall–Kier alpha value is -0.570. The van der Waals surface area contributed by atoms with Gasteiger partial charge in [-0.15, -0.1) is 0 Å². The molecule has 5 unspecified atom stereocenters. The molecule has 0 radical (unpaired) electrons. The number of hydrogen-bond acceptors (Lipinski definition) is 3. The molecule has 3 nitrogen and oxygen atoms in total. The van der Waals surface area contributed by atoms with Gasteiger partial charge in [-0.3, -0.25) is 4.79 Å². The fourth-order valence-corrected chi connectivity index (χ4v) is 4.02. The number of fused-ring (bicyclic) bond motifs is 1. The summed E-state index contributed by atoms with van der Waals surface area (Å²) in [5.74, 6) is 3.19. The maximum Gasteiger partial charge on any atom is 0.311 e. The summed E-state index contributed by atoms with van der Waals surface area (Å²) in [6.45, 7) is 4.71. The van der Waals surface area contributed by atoms with Crippen LogP contribution < -0.4 is 0 Å². The molecule has 0 aromatic carbocycles. The van der Waals surface area contributed by atoms with Crippen molar-refractivity contribution in [2.45, 2.75) is 39.5 Å². The quantitative estimate of drug-likeness (QED) is 0.560. The predicted molar refractivity (Wildman–Crippen MR) is 65.2 cm³/mol. The van der Waals surface area contributed by atoms with E-state index < -0.39 is 0 Å². The molecule has 2 saturated carbocycles. The monoisotopic (exact) mass is 240 g/mol. The Morgan fingerprint density at radius 2 is 1.94 bits per heavy atom. The smallest absolute Gasteiger partial charge is 0.311 e. The molecule has 0 bridgehead atoms. The van der Waals surface area contributed by atoms with Crippen molar-refractivity contribution in [3.05, 3.63) is 0 Å². The first kappa shape index (κ1) is 12.9. The van der Waals surface area contributed by atoms with Gasteiger partial charge < -0.3 is 9.47 Å².